The van der Waals surface area contributed by atoms with Gasteiger partial charge in [-0.25, -0.2) is 0 Å². The molecule has 2 unspecified atom stereocenters. The van der Waals surface area contributed by atoms with Crippen molar-refractivity contribution in [1.82, 2.24) is 5.32 Å². The number of rotatable bonds is 5. The maximum absolute atomic E-state index is 11.4. The van der Waals surface area contributed by atoms with E-state index >= 15 is 0 Å². The Balaban J connectivity index is 0.000000132. The van der Waals surface area contributed by atoms with Gasteiger partial charge in [-0.05, 0) is 130 Å². The lowest BCUT2D eigenvalue weighted by Gasteiger charge is -2.58. The summed E-state index contributed by atoms with van der Waals surface area (Å²) in [6, 6.07) is -0.319. The largest absolute Gasteiger partial charge is 0.481 e. The lowest BCUT2D eigenvalue weighted by molar-refractivity contribution is -0.156. The van der Waals surface area contributed by atoms with Gasteiger partial charge in [0.05, 0.1) is 5.92 Å². The summed E-state index contributed by atoms with van der Waals surface area (Å²) >= 11 is 0. The minimum absolute atomic E-state index is 0.0787. The van der Waals surface area contributed by atoms with Gasteiger partial charge in [-0.2, -0.15) is 0 Å². The van der Waals surface area contributed by atoms with Gasteiger partial charge in [0.1, 0.15) is 6.04 Å². The van der Waals surface area contributed by atoms with Crippen LogP contribution in [0.15, 0.2) is 0 Å². The molecule has 8 saturated carbocycles. The number of aliphatic carboxylic acids is 2. The lowest BCUT2D eigenvalue weighted by atomic mass is 9.46. The van der Waals surface area contributed by atoms with Crippen molar-refractivity contribution in [3.05, 3.63) is 0 Å². The summed E-state index contributed by atoms with van der Waals surface area (Å²) in [7, 11) is 1.80. The summed E-state index contributed by atoms with van der Waals surface area (Å²) in [6.07, 6.45) is 15.3. The highest BCUT2D eigenvalue weighted by atomic mass is 16.4. The molecular formula is C26H41NO4. The Morgan fingerprint density at radius 2 is 1.00 bits per heavy atom. The van der Waals surface area contributed by atoms with Crippen molar-refractivity contribution in [2.24, 2.45) is 52.3 Å². The molecule has 2 atom stereocenters. The van der Waals surface area contributed by atoms with E-state index in [1.165, 1.54) is 57.8 Å². The van der Waals surface area contributed by atoms with Gasteiger partial charge >= 0.3 is 11.9 Å². The van der Waals surface area contributed by atoms with E-state index in [0.29, 0.717) is 0 Å². The molecule has 5 nitrogen and oxygen atoms in total. The van der Waals surface area contributed by atoms with E-state index < -0.39 is 11.9 Å². The van der Waals surface area contributed by atoms with Crippen LogP contribution in [0.5, 0.6) is 0 Å². The van der Waals surface area contributed by atoms with Gasteiger partial charge in [-0.3, -0.25) is 9.59 Å². The van der Waals surface area contributed by atoms with Gasteiger partial charge in [0, 0.05) is 0 Å². The number of nitrogens with one attached hydrogen (secondary N) is 1. The van der Waals surface area contributed by atoms with Gasteiger partial charge in [-0.15, -0.1) is 0 Å². The van der Waals surface area contributed by atoms with Crippen LogP contribution < -0.4 is 5.32 Å². The van der Waals surface area contributed by atoms with Crippen LogP contribution in [0.25, 0.3) is 0 Å². The second-order valence-electron chi connectivity index (χ2n) is 12.7. The number of hydrogen-bond donors (Lipinski definition) is 3. The molecule has 5 heteroatoms. The highest BCUT2D eigenvalue weighted by molar-refractivity contribution is 5.74. The second-order valence-corrected chi connectivity index (χ2v) is 12.7. The van der Waals surface area contributed by atoms with E-state index in [-0.39, 0.29) is 22.8 Å². The maximum atomic E-state index is 11.4. The van der Waals surface area contributed by atoms with E-state index in [1.807, 2.05) is 6.92 Å². The van der Waals surface area contributed by atoms with Gasteiger partial charge in [0.15, 0.2) is 0 Å². The van der Waals surface area contributed by atoms with Crippen LogP contribution in [0, 0.1) is 52.3 Å². The quantitative estimate of drug-likeness (QED) is 0.582. The smallest absolute Gasteiger partial charge is 0.321 e. The summed E-state index contributed by atoms with van der Waals surface area (Å²) in [5.74, 6) is 3.70. The molecule has 0 aromatic carbocycles. The van der Waals surface area contributed by atoms with E-state index in [9.17, 15) is 19.8 Å². The SMILES string of the molecule is CC(C(=O)O)C12CC3CC(CC(C3)C1)C2.CNC(C(=O)O)C12CC3CC(CC(C3)C1)C2. The molecule has 0 heterocycles. The fraction of sp³-hybridized carbons (Fsp3) is 0.923. The van der Waals surface area contributed by atoms with Crippen LogP contribution in [-0.2, 0) is 9.59 Å². The van der Waals surface area contributed by atoms with Crippen LogP contribution in [0.2, 0.25) is 0 Å². The molecule has 0 radical (unpaired) electrons. The van der Waals surface area contributed by atoms with Crippen LogP contribution >= 0.6 is 0 Å². The summed E-state index contributed by atoms with van der Waals surface area (Å²) < 4.78 is 0. The molecule has 8 aliphatic carbocycles. The Hall–Kier alpha value is -1.10. The Kier molecular flexibility index (Phi) is 5.43. The first-order valence-corrected chi connectivity index (χ1v) is 12.8. The minimum Gasteiger partial charge on any atom is -0.481 e. The molecule has 8 fully saturated rings. The van der Waals surface area contributed by atoms with Crippen LogP contribution in [0.4, 0.5) is 0 Å². The molecule has 0 amide bonds. The predicted octanol–water partition coefficient (Wildman–Crippen LogP) is 4.80. The molecule has 8 aliphatic rings. The molecule has 31 heavy (non-hydrogen) atoms. The third-order valence-electron chi connectivity index (χ3n) is 10.6. The number of carboxylic acid groups (broad SMARTS) is 2. The first kappa shape index (κ1) is 21.7. The Labute approximate surface area is 186 Å². The normalized spacial score (nSPS) is 48.1. The number of likely N-dealkylation sites (N-methyl/N-ethyl adjacent to an activating group) is 1. The van der Waals surface area contributed by atoms with E-state index in [4.69, 9.17) is 0 Å². The predicted molar refractivity (Wildman–Crippen MR) is 118 cm³/mol. The van der Waals surface area contributed by atoms with Crippen LogP contribution in [0.1, 0.15) is 84.0 Å². The van der Waals surface area contributed by atoms with E-state index in [2.05, 4.69) is 5.32 Å². The monoisotopic (exact) mass is 431 g/mol. The Morgan fingerprint density at radius 3 is 1.26 bits per heavy atom. The zero-order valence-corrected chi connectivity index (χ0v) is 19.3. The first-order chi connectivity index (χ1) is 14.7. The molecule has 0 aromatic rings. The Morgan fingerprint density at radius 1 is 0.677 bits per heavy atom. The zero-order valence-electron chi connectivity index (χ0n) is 19.3. The third kappa shape index (κ3) is 3.73. The molecule has 3 N–H and O–H groups in total. The first-order valence-electron chi connectivity index (χ1n) is 12.8. The van der Waals surface area contributed by atoms with Crippen molar-refractivity contribution >= 4 is 11.9 Å². The Bertz CT molecular complexity index is 660. The zero-order chi connectivity index (χ0) is 22.0. The molecule has 174 valence electrons. The van der Waals surface area contributed by atoms with Gasteiger partial charge < -0.3 is 15.5 Å². The average Bonchev–Trinajstić information content (AvgIpc) is 2.65. The second kappa shape index (κ2) is 7.74. The van der Waals surface area contributed by atoms with Crippen molar-refractivity contribution in [1.29, 1.82) is 0 Å². The molecule has 0 aromatic heterocycles. The highest BCUT2D eigenvalue weighted by Gasteiger charge is 2.56. The van der Waals surface area contributed by atoms with Crippen molar-refractivity contribution in [2.45, 2.75) is 90.0 Å². The van der Waals surface area contributed by atoms with Gasteiger partial charge in [0.2, 0.25) is 0 Å². The number of carbonyl (C=O) groups is 2. The highest BCUT2D eigenvalue weighted by Crippen LogP contribution is 2.63. The molecular weight excluding hydrogens is 390 g/mol. The standard InChI is InChI=1S/C13H21NO2.C13H20O2/c1-14-11(12(15)16)13-5-8-2-9(6-13)4-10(3-8)7-13;1-8(12(14)15)13-5-9-2-10(6-13)4-11(3-9)7-13/h8-11,14H,2-7H2,1H3,(H,15,16);8-11H,2-7H2,1H3,(H,14,15). The van der Waals surface area contributed by atoms with E-state index in [0.717, 1.165) is 54.8 Å². The molecule has 0 spiro atoms. The molecule has 0 saturated heterocycles. The fourth-order valence-corrected chi connectivity index (χ4v) is 10.2. The lowest BCUT2D eigenvalue weighted by Crippen LogP contribution is -2.58. The van der Waals surface area contributed by atoms with Crippen LogP contribution in [0.3, 0.4) is 0 Å². The number of carboxylic acids is 2. The third-order valence-corrected chi connectivity index (χ3v) is 10.6. The van der Waals surface area contributed by atoms with Gasteiger partial charge in [-0.1, -0.05) is 6.92 Å². The van der Waals surface area contributed by atoms with Crippen LogP contribution in [-0.4, -0.2) is 35.2 Å². The maximum Gasteiger partial charge on any atom is 0.321 e. The summed E-state index contributed by atoms with van der Waals surface area (Å²) in [5, 5.41) is 21.7. The fourth-order valence-electron chi connectivity index (χ4n) is 10.2. The van der Waals surface area contributed by atoms with Crippen molar-refractivity contribution in [2.75, 3.05) is 7.05 Å². The molecule has 0 aliphatic heterocycles. The molecule has 8 rings (SSSR count). The van der Waals surface area contributed by atoms with Crippen molar-refractivity contribution < 1.29 is 19.8 Å². The summed E-state index contributed by atoms with van der Waals surface area (Å²) in [5.41, 5.74) is 0.260. The average molecular weight is 432 g/mol. The summed E-state index contributed by atoms with van der Waals surface area (Å²) in [6.45, 7) is 1.94. The minimum atomic E-state index is -0.649. The van der Waals surface area contributed by atoms with Crippen molar-refractivity contribution in [3.8, 4) is 0 Å². The van der Waals surface area contributed by atoms with Crippen molar-refractivity contribution in [3.63, 3.8) is 0 Å². The molecule has 8 bridgehead atoms. The van der Waals surface area contributed by atoms with E-state index in [1.54, 1.807) is 7.05 Å². The topological polar surface area (TPSA) is 86.6 Å². The number of hydrogen-bond acceptors (Lipinski definition) is 3. The summed E-state index contributed by atoms with van der Waals surface area (Å²) in [4.78, 5) is 22.6. The van der Waals surface area contributed by atoms with Gasteiger partial charge in [0.25, 0.3) is 0 Å².